The van der Waals surface area contributed by atoms with Crippen LogP contribution in [0.2, 0.25) is 0 Å². The first-order valence-electron chi connectivity index (χ1n) is 5.50. The van der Waals surface area contributed by atoms with E-state index in [9.17, 15) is 0 Å². The van der Waals surface area contributed by atoms with Crippen molar-refractivity contribution in [1.29, 1.82) is 0 Å². The Bertz CT molecular complexity index is 658. The number of rotatable bonds is 2. The van der Waals surface area contributed by atoms with Gasteiger partial charge in [-0.05, 0) is 34.9 Å². The molecule has 3 rings (SSSR count). The maximum Gasteiger partial charge on any atom is 0.136 e. The molecule has 17 heavy (non-hydrogen) atoms. The molecule has 0 unspecified atom stereocenters. The van der Waals surface area contributed by atoms with Crippen LogP contribution < -0.4 is 0 Å². The monoisotopic (exact) mass is 224 g/mol. The number of pyridine rings is 1. The average molecular weight is 224 g/mol. The normalized spacial score (nSPS) is 10.9. The molecule has 0 saturated heterocycles. The summed E-state index contributed by atoms with van der Waals surface area (Å²) in [5.74, 6) is 0. The van der Waals surface area contributed by atoms with Crippen molar-refractivity contribution in [3.8, 4) is 11.1 Å². The number of imidazole rings is 1. The van der Waals surface area contributed by atoms with Gasteiger partial charge in [-0.15, -0.1) is 0 Å². The quantitative estimate of drug-likeness (QED) is 0.726. The van der Waals surface area contributed by atoms with Gasteiger partial charge < -0.3 is 9.51 Å². The molecule has 0 aliphatic carbocycles. The highest BCUT2D eigenvalue weighted by atomic mass is 16.3. The predicted molar refractivity (Wildman–Crippen MR) is 66.6 cm³/mol. The third kappa shape index (κ3) is 1.81. The molecule has 0 fully saturated rings. The Morgan fingerprint density at radius 2 is 2.06 bits per heavy atom. The molecular formula is C14H12N2O. The van der Waals surface area contributed by atoms with Crippen molar-refractivity contribution in [2.45, 2.75) is 6.61 Å². The molecule has 1 N–H and O–H groups in total. The van der Waals surface area contributed by atoms with Crippen LogP contribution in [0.15, 0.2) is 55.0 Å². The number of nitrogens with zero attached hydrogens (tertiary/aromatic N) is 2. The number of fused-ring (bicyclic) bond motifs is 1. The highest BCUT2D eigenvalue weighted by Crippen LogP contribution is 2.21. The molecule has 0 radical (unpaired) electrons. The fraction of sp³-hybridized carbons (Fsp3) is 0.0714. The Balaban J connectivity index is 2.12. The summed E-state index contributed by atoms with van der Waals surface area (Å²) >= 11 is 0. The molecule has 3 aromatic rings. The number of aliphatic hydroxyl groups is 1. The Kier molecular flexibility index (Phi) is 2.38. The molecule has 0 aliphatic heterocycles. The van der Waals surface area contributed by atoms with E-state index in [1.165, 1.54) is 0 Å². The molecule has 0 atom stereocenters. The van der Waals surface area contributed by atoms with Gasteiger partial charge in [0.05, 0.1) is 6.61 Å². The highest BCUT2D eigenvalue weighted by Gasteiger charge is 2.01. The maximum atomic E-state index is 9.13. The van der Waals surface area contributed by atoms with Gasteiger partial charge in [0.25, 0.3) is 0 Å². The van der Waals surface area contributed by atoms with Crippen LogP contribution in [0.25, 0.3) is 16.8 Å². The third-order valence-corrected chi connectivity index (χ3v) is 2.83. The minimum atomic E-state index is 0.0706. The zero-order valence-electron chi connectivity index (χ0n) is 9.24. The molecule has 0 aliphatic rings. The van der Waals surface area contributed by atoms with Crippen molar-refractivity contribution in [3.63, 3.8) is 0 Å². The zero-order valence-corrected chi connectivity index (χ0v) is 9.24. The number of hydrogen-bond donors (Lipinski definition) is 1. The van der Waals surface area contributed by atoms with Gasteiger partial charge in [-0.3, -0.25) is 0 Å². The second-order valence-electron chi connectivity index (χ2n) is 3.97. The topological polar surface area (TPSA) is 37.5 Å². The van der Waals surface area contributed by atoms with Gasteiger partial charge in [-0.1, -0.05) is 18.2 Å². The minimum absolute atomic E-state index is 0.0706. The summed E-state index contributed by atoms with van der Waals surface area (Å²) in [6.07, 6.45) is 5.75. The van der Waals surface area contributed by atoms with Crippen molar-refractivity contribution < 1.29 is 5.11 Å². The second kappa shape index (κ2) is 4.03. The van der Waals surface area contributed by atoms with Crippen molar-refractivity contribution in [2.75, 3.05) is 0 Å². The van der Waals surface area contributed by atoms with Crippen LogP contribution in [-0.2, 0) is 6.61 Å². The Morgan fingerprint density at radius 3 is 2.94 bits per heavy atom. The average Bonchev–Trinajstić information content (AvgIpc) is 2.86. The molecular weight excluding hydrogens is 212 g/mol. The van der Waals surface area contributed by atoms with Crippen LogP contribution in [0.5, 0.6) is 0 Å². The van der Waals surface area contributed by atoms with E-state index in [0.717, 1.165) is 22.3 Å². The van der Waals surface area contributed by atoms with E-state index in [1.54, 1.807) is 6.20 Å². The number of aromatic nitrogens is 2. The number of aliphatic hydroxyl groups excluding tert-OH is 1. The molecule has 0 saturated carbocycles. The van der Waals surface area contributed by atoms with E-state index in [2.05, 4.69) is 4.98 Å². The van der Waals surface area contributed by atoms with Gasteiger partial charge in [0.2, 0.25) is 0 Å². The van der Waals surface area contributed by atoms with Crippen molar-refractivity contribution in [2.24, 2.45) is 0 Å². The smallest absolute Gasteiger partial charge is 0.136 e. The lowest BCUT2D eigenvalue weighted by Crippen LogP contribution is -1.87. The first kappa shape index (κ1) is 10.1. The van der Waals surface area contributed by atoms with E-state index in [4.69, 9.17) is 5.11 Å². The summed E-state index contributed by atoms with van der Waals surface area (Å²) in [7, 11) is 0. The second-order valence-corrected chi connectivity index (χ2v) is 3.97. The van der Waals surface area contributed by atoms with Crippen LogP contribution in [0.3, 0.4) is 0 Å². The fourth-order valence-corrected chi connectivity index (χ4v) is 1.94. The molecule has 0 bridgehead atoms. The summed E-state index contributed by atoms with van der Waals surface area (Å²) in [4.78, 5) is 4.21. The third-order valence-electron chi connectivity index (χ3n) is 2.83. The number of benzene rings is 1. The van der Waals surface area contributed by atoms with Crippen molar-refractivity contribution >= 4 is 5.65 Å². The lowest BCUT2D eigenvalue weighted by atomic mass is 10.1. The van der Waals surface area contributed by atoms with Crippen molar-refractivity contribution in [3.05, 3.63) is 60.6 Å². The molecule has 3 nitrogen and oxygen atoms in total. The standard InChI is InChI=1S/C14H12N2O/c17-10-11-2-1-3-12(8-11)13-4-5-14-15-6-7-16(14)9-13/h1-9,17H,10H2. The summed E-state index contributed by atoms with van der Waals surface area (Å²) in [5, 5.41) is 9.13. The van der Waals surface area contributed by atoms with Crippen LogP contribution in [0.4, 0.5) is 0 Å². The van der Waals surface area contributed by atoms with E-state index >= 15 is 0 Å². The fourth-order valence-electron chi connectivity index (χ4n) is 1.94. The van der Waals surface area contributed by atoms with Crippen LogP contribution >= 0.6 is 0 Å². The summed E-state index contributed by atoms with van der Waals surface area (Å²) in [6.45, 7) is 0.0706. The molecule has 3 heteroatoms. The SMILES string of the molecule is OCc1cccc(-c2ccc3nccn3c2)c1. The van der Waals surface area contributed by atoms with Gasteiger partial charge in [-0.2, -0.15) is 0 Å². The van der Waals surface area contributed by atoms with Crippen LogP contribution in [-0.4, -0.2) is 14.5 Å². The molecule has 0 amide bonds. The Morgan fingerprint density at radius 1 is 1.12 bits per heavy atom. The minimum Gasteiger partial charge on any atom is -0.392 e. The summed E-state index contributed by atoms with van der Waals surface area (Å²) in [5.41, 5.74) is 4.08. The molecule has 2 aromatic heterocycles. The van der Waals surface area contributed by atoms with Gasteiger partial charge in [0.15, 0.2) is 0 Å². The van der Waals surface area contributed by atoms with Crippen molar-refractivity contribution in [1.82, 2.24) is 9.38 Å². The van der Waals surface area contributed by atoms with Gasteiger partial charge in [0.1, 0.15) is 5.65 Å². The van der Waals surface area contributed by atoms with Gasteiger partial charge >= 0.3 is 0 Å². The van der Waals surface area contributed by atoms with Crippen LogP contribution in [0, 0.1) is 0 Å². The van der Waals surface area contributed by atoms with E-state index < -0.39 is 0 Å². The number of hydrogen-bond acceptors (Lipinski definition) is 2. The van der Waals surface area contributed by atoms with Gasteiger partial charge in [-0.25, -0.2) is 4.98 Å². The Hall–Kier alpha value is -2.13. The molecule has 1 aromatic carbocycles. The highest BCUT2D eigenvalue weighted by molar-refractivity contribution is 5.65. The zero-order chi connectivity index (χ0) is 11.7. The van der Waals surface area contributed by atoms with E-state index in [1.807, 2.05) is 53.2 Å². The molecule has 0 spiro atoms. The van der Waals surface area contributed by atoms with E-state index in [-0.39, 0.29) is 6.61 Å². The molecule has 84 valence electrons. The lowest BCUT2D eigenvalue weighted by molar-refractivity contribution is 0.282. The maximum absolute atomic E-state index is 9.13. The first-order valence-corrected chi connectivity index (χ1v) is 5.50. The lowest BCUT2D eigenvalue weighted by Gasteiger charge is -2.04. The Labute approximate surface area is 99.0 Å². The largest absolute Gasteiger partial charge is 0.392 e. The van der Waals surface area contributed by atoms with Crippen LogP contribution in [0.1, 0.15) is 5.56 Å². The predicted octanol–water partition coefficient (Wildman–Crippen LogP) is 2.49. The first-order chi connectivity index (χ1) is 8.36. The molecule has 2 heterocycles. The van der Waals surface area contributed by atoms with E-state index in [0.29, 0.717) is 0 Å². The summed E-state index contributed by atoms with van der Waals surface area (Å²) < 4.78 is 1.99. The van der Waals surface area contributed by atoms with Gasteiger partial charge in [0, 0.05) is 18.6 Å². The summed E-state index contributed by atoms with van der Waals surface area (Å²) in [6, 6.07) is 11.9.